The first-order valence-electron chi connectivity index (χ1n) is 16.1. The number of carbonyl (C=O) groups is 1. The summed E-state index contributed by atoms with van der Waals surface area (Å²) in [7, 11) is -3.33. The average molecular weight is 675 g/mol. The molecule has 6 rings (SSSR count). The smallest absolute Gasteiger partial charge is 0.510 e. The average Bonchev–Trinajstić information content (AvgIpc) is 3.69. The summed E-state index contributed by atoms with van der Waals surface area (Å²) in [5, 5.41) is 33.2. The first kappa shape index (κ1) is 33.8. The number of hydrogen-bond donors (Lipinski definition) is 2. The van der Waals surface area contributed by atoms with Crippen LogP contribution in [-0.4, -0.2) is 104 Å². The van der Waals surface area contributed by atoms with Crippen LogP contribution in [0.1, 0.15) is 29.6 Å². The molecule has 0 spiro atoms. The maximum absolute atomic E-state index is 14.3. The van der Waals surface area contributed by atoms with Gasteiger partial charge in [0.25, 0.3) is 5.91 Å². The largest absolute Gasteiger partial charge is 0.707 e. The molecule has 2 N–H and O–H groups in total. The number of ether oxygens (including phenoxy) is 1. The van der Waals surface area contributed by atoms with Crippen molar-refractivity contribution in [3.05, 3.63) is 60.6 Å². The van der Waals surface area contributed by atoms with Gasteiger partial charge in [-0.1, -0.05) is 19.6 Å². The summed E-state index contributed by atoms with van der Waals surface area (Å²) < 4.78 is 28.8. The van der Waals surface area contributed by atoms with Gasteiger partial charge in [-0.15, -0.1) is 0 Å². The molecule has 4 aromatic rings. The fourth-order valence-corrected chi connectivity index (χ4v) is 7.25. The number of likely N-dealkylation sites (tertiary alicyclic amines) is 2. The summed E-state index contributed by atoms with van der Waals surface area (Å²) in [6.07, 6.45) is 9.09. The molecule has 48 heavy (non-hydrogen) atoms. The van der Waals surface area contributed by atoms with E-state index in [9.17, 15) is 14.4 Å². The Morgan fingerprint density at radius 3 is 2.65 bits per heavy atom. The van der Waals surface area contributed by atoms with Crippen LogP contribution < -0.4 is 4.65 Å². The fraction of sp³-hybridized carbons (Fsp3) is 0.469. The summed E-state index contributed by atoms with van der Waals surface area (Å²) in [6, 6.07) is 9.36. The molecule has 2 fully saturated rings. The molecule has 0 unspecified atom stereocenters. The van der Waals surface area contributed by atoms with Crippen LogP contribution >= 0.6 is 0 Å². The van der Waals surface area contributed by atoms with E-state index in [1.54, 1.807) is 17.4 Å². The van der Waals surface area contributed by atoms with Crippen molar-refractivity contribution in [2.45, 2.75) is 63.3 Å². The fourth-order valence-electron chi connectivity index (χ4n) is 6.50. The summed E-state index contributed by atoms with van der Waals surface area (Å²) in [5.74, 6) is -1.49. The number of rotatable bonds is 12. The first-order valence-corrected chi connectivity index (χ1v) is 19.8. The third-order valence-electron chi connectivity index (χ3n) is 9.21. The molecule has 16 heteroatoms. The summed E-state index contributed by atoms with van der Waals surface area (Å²) in [6.45, 7) is 10.5. The molecular weight excluding hydrogens is 634 g/mol. The summed E-state index contributed by atoms with van der Waals surface area (Å²) >= 11 is 0. The van der Waals surface area contributed by atoms with Gasteiger partial charge in [-0.3, -0.25) is 14.4 Å². The van der Waals surface area contributed by atoms with E-state index in [2.05, 4.69) is 45.2 Å². The molecule has 13 nitrogen and oxygen atoms in total. The van der Waals surface area contributed by atoms with Crippen LogP contribution in [0.15, 0.2) is 49.2 Å². The van der Waals surface area contributed by atoms with Gasteiger partial charge in [-0.2, -0.15) is 10.4 Å². The Bertz CT molecular complexity index is 1810. The molecule has 0 bridgehead atoms. The van der Waals surface area contributed by atoms with Crippen LogP contribution in [0.5, 0.6) is 5.75 Å². The van der Waals surface area contributed by atoms with E-state index in [1.165, 1.54) is 12.1 Å². The highest BCUT2D eigenvalue weighted by Gasteiger charge is 2.48. The number of nitrogens with zero attached hydrogens (tertiary/aromatic N) is 8. The molecular formula is C32H40BFN8O5Si. The number of benzene rings is 1. The van der Waals surface area contributed by atoms with Crippen molar-refractivity contribution in [1.82, 2.24) is 34.1 Å². The Balaban J connectivity index is 1.08. The number of fused-ring (bicyclic) bond motifs is 1. The minimum atomic E-state index is -2.15. The number of halogens is 1. The number of carbonyl (C=O) groups excluding carboxylic acids is 1. The second-order valence-electron chi connectivity index (χ2n) is 13.8. The Morgan fingerprint density at radius 2 is 1.96 bits per heavy atom. The third-order valence-corrected chi connectivity index (χ3v) is 10.9. The van der Waals surface area contributed by atoms with Crippen molar-refractivity contribution < 1.29 is 28.6 Å². The highest BCUT2D eigenvalue weighted by atomic mass is 28.3. The molecule has 1 aromatic carbocycles. The van der Waals surface area contributed by atoms with E-state index < -0.39 is 26.8 Å². The monoisotopic (exact) mass is 674 g/mol. The molecule has 2 saturated heterocycles. The number of hydrogen-bond acceptors (Lipinski definition) is 10. The van der Waals surface area contributed by atoms with Gasteiger partial charge in [0.1, 0.15) is 30.0 Å². The minimum Gasteiger partial charge on any atom is -0.510 e. The van der Waals surface area contributed by atoms with Gasteiger partial charge in [-0.25, -0.2) is 14.4 Å². The van der Waals surface area contributed by atoms with E-state index in [0.717, 1.165) is 53.8 Å². The van der Waals surface area contributed by atoms with Crippen molar-refractivity contribution in [1.29, 1.82) is 5.26 Å². The third kappa shape index (κ3) is 7.15. The molecule has 2 aliphatic rings. The Labute approximate surface area is 279 Å². The van der Waals surface area contributed by atoms with E-state index in [-0.39, 0.29) is 23.3 Å². The lowest BCUT2D eigenvalue weighted by Gasteiger charge is -2.53. The highest BCUT2D eigenvalue weighted by molar-refractivity contribution is 6.76. The van der Waals surface area contributed by atoms with Gasteiger partial charge < -0.3 is 28.9 Å². The van der Waals surface area contributed by atoms with Gasteiger partial charge in [0.2, 0.25) is 0 Å². The van der Waals surface area contributed by atoms with Gasteiger partial charge in [0.15, 0.2) is 5.82 Å². The zero-order valence-electron chi connectivity index (χ0n) is 27.4. The molecule has 0 radical (unpaired) electrons. The van der Waals surface area contributed by atoms with Gasteiger partial charge in [-0.05, 0) is 43.2 Å². The van der Waals surface area contributed by atoms with Crippen LogP contribution in [0.4, 0.5) is 4.39 Å². The number of aromatic nitrogens is 5. The molecule has 0 aliphatic carbocycles. The zero-order chi connectivity index (χ0) is 34.1. The van der Waals surface area contributed by atoms with Crippen LogP contribution in [0, 0.1) is 17.1 Å². The molecule has 0 saturated carbocycles. The number of piperidine rings is 1. The van der Waals surface area contributed by atoms with E-state index >= 15 is 0 Å². The quantitative estimate of drug-likeness (QED) is 0.169. The lowest BCUT2D eigenvalue weighted by atomic mass is 9.83. The second-order valence-corrected chi connectivity index (χ2v) is 19.5. The molecule has 252 valence electrons. The Hall–Kier alpha value is -4.14. The molecule has 3 aromatic heterocycles. The highest BCUT2D eigenvalue weighted by Crippen LogP contribution is 2.37. The summed E-state index contributed by atoms with van der Waals surface area (Å²) in [4.78, 5) is 26.2. The van der Waals surface area contributed by atoms with Crippen molar-refractivity contribution >= 4 is 32.3 Å². The molecule has 0 atom stereocenters. The van der Waals surface area contributed by atoms with E-state index in [0.29, 0.717) is 39.3 Å². The van der Waals surface area contributed by atoms with Crippen molar-refractivity contribution in [3.8, 4) is 23.1 Å². The van der Waals surface area contributed by atoms with Crippen molar-refractivity contribution in [3.63, 3.8) is 0 Å². The van der Waals surface area contributed by atoms with Crippen LogP contribution in [0.3, 0.4) is 0 Å². The van der Waals surface area contributed by atoms with E-state index in [4.69, 9.17) is 19.9 Å². The van der Waals surface area contributed by atoms with Gasteiger partial charge in [0, 0.05) is 75.8 Å². The lowest BCUT2D eigenvalue weighted by molar-refractivity contribution is -0.0412. The molecule has 5 heterocycles. The SMILES string of the molecule is C[Si](C)(C)CCOCn1ccc2c(-c3cnn(C4(CC#N)CN(C5CCN(C(=O)c6ccc(OB(O)O)c(F)c6)CC5)C4)c3)ncnc21. The van der Waals surface area contributed by atoms with Gasteiger partial charge in [0.05, 0.1) is 24.4 Å². The predicted molar refractivity (Wildman–Crippen MR) is 179 cm³/mol. The van der Waals surface area contributed by atoms with Crippen LogP contribution in [0.25, 0.3) is 22.3 Å². The summed E-state index contributed by atoms with van der Waals surface area (Å²) in [5.41, 5.74) is 2.13. The first-order chi connectivity index (χ1) is 23.0. The lowest BCUT2D eigenvalue weighted by Crippen LogP contribution is -2.66. The standard InChI is InChI=1S/C32H40BFN8O5Si/c1-48(2,3)15-14-46-22-40-13-8-26-29(36-21-37-30(26)40)24-17-38-42(18-24)32(9-10-35)19-41(20-32)25-6-11-39(12-7-25)31(43)23-4-5-28(27(34)16-23)47-33(44)45/h4-5,8,13,16-18,21,25,44-45H,6-7,9,11-12,14-15,19-20,22H2,1-3H3. The topological polar surface area (TPSA) is 155 Å². The maximum Gasteiger partial charge on any atom is 0.707 e. The van der Waals surface area contributed by atoms with Gasteiger partial charge >= 0.3 is 7.32 Å². The number of amides is 1. The molecule has 2 aliphatic heterocycles. The minimum absolute atomic E-state index is 0.167. The second kappa shape index (κ2) is 13.8. The Morgan fingerprint density at radius 1 is 1.19 bits per heavy atom. The Kier molecular flexibility index (Phi) is 9.68. The number of nitriles is 1. The van der Waals surface area contributed by atoms with Crippen molar-refractivity contribution in [2.75, 3.05) is 32.8 Å². The normalized spacial score (nSPS) is 16.9. The van der Waals surface area contributed by atoms with E-state index in [1.807, 2.05) is 27.7 Å². The zero-order valence-corrected chi connectivity index (χ0v) is 28.4. The van der Waals surface area contributed by atoms with Crippen LogP contribution in [0.2, 0.25) is 25.7 Å². The molecule has 1 amide bonds. The predicted octanol–water partition coefficient (Wildman–Crippen LogP) is 3.32. The van der Waals surface area contributed by atoms with Crippen LogP contribution in [-0.2, 0) is 17.0 Å². The van der Waals surface area contributed by atoms with Crippen molar-refractivity contribution in [2.24, 2.45) is 0 Å². The maximum atomic E-state index is 14.3.